The van der Waals surface area contributed by atoms with Crippen molar-refractivity contribution in [2.24, 2.45) is 4.99 Å². The summed E-state index contributed by atoms with van der Waals surface area (Å²) in [4.78, 5) is 7.67. The van der Waals surface area contributed by atoms with Crippen LogP contribution in [0.5, 0.6) is 0 Å². The molecule has 2 aromatic carbocycles. The van der Waals surface area contributed by atoms with Gasteiger partial charge >= 0.3 is 0 Å². The minimum Gasteiger partial charge on any atom is -0.303 e. The van der Waals surface area contributed by atoms with Crippen molar-refractivity contribution in [1.29, 1.82) is 0 Å². The van der Waals surface area contributed by atoms with Crippen LogP contribution in [0.3, 0.4) is 0 Å². The van der Waals surface area contributed by atoms with Gasteiger partial charge in [-0.3, -0.25) is 0 Å². The summed E-state index contributed by atoms with van der Waals surface area (Å²) in [6.45, 7) is 3.63. The zero-order valence-corrected chi connectivity index (χ0v) is 16.0. The van der Waals surface area contributed by atoms with Gasteiger partial charge in [0.2, 0.25) is 0 Å². The molecule has 0 radical (unpaired) electrons. The van der Waals surface area contributed by atoms with Gasteiger partial charge in [0.15, 0.2) is 0 Å². The van der Waals surface area contributed by atoms with Gasteiger partial charge in [0, 0.05) is 0 Å². The Balaban J connectivity index is 1.18. The van der Waals surface area contributed by atoms with E-state index < -0.39 is 10.8 Å². The largest absolute Gasteiger partial charge is 0.303 e. The zero-order chi connectivity index (χ0) is 17.8. The standard InChI is InChI=1S/C22H26N2OS/c25-26-17-23-21-10-9-18(16-22(21)26)6-4-5-13-24-14-11-20(12-15-24)19-7-2-1-3-8-19/h1-3,7-10,16-17,20H,4-6,11-15H2. The van der Waals surface area contributed by atoms with Crippen molar-refractivity contribution >= 4 is 22.0 Å². The fourth-order valence-corrected chi connectivity index (χ4v) is 4.94. The molecule has 0 bridgehead atoms. The summed E-state index contributed by atoms with van der Waals surface area (Å²) in [5, 5.41) is 0. The fraction of sp³-hybridized carbons (Fsp3) is 0.409. The number of aliphatic imine (C=N–C) groups is 1. The number of piperidine rings is 1. The molecule has 26 heavy (non-hydrogen) atoms. The van der Waals surface area contributed by atoms with Gasteiger partial charge in [-0.15, -0.1) is 0 Å². The molecule has 2 aliphatic rings. The molecular formula is C22H26N2OS. The highest BCUT2D eigenvalue weighted by atomic mass is 32.2. The Morgan fingerprint density at radius 2 is 1.85 bits per heavy atom. The molecule has 0 aliphatic carbocycles. The monoisotopic (exact) mass is 366 g/mol. The third-order valence-electron chi connectivity index (χ3n) is 5.58. The lowest BCUT2D eigenvalue weighted by Gasteiger charge is -2.32. The maximum Gasteiger partial charge on any atom is 0.0984 e. The van der Waals surface area contributed by atoms with Crippen molar-refractivity contribution in [3.8, 4) is 0 Å². The molecule has 1 atom stereocenters. The van der Waals surface area contributed by atoms with Gasteiger partial charge < -0.3 is 4.90 Å². The highest BCUT2D eigenvalue weighted by molar-refractivity contribution is 7.99. The number of unbranched alkanes of at least 4 members (excludes halogenated alkanes) is 1. The second-order valence-corrected chi connectivity index (χ2v) is 8.56. The lowest BCUT2D eigenvalue weighted by molar-refractivity contribution is 0.209. The van der Waals surface area contributed by atoms with Crippen LogP contribution in [0.25, 0.3) is 0 Å². The third-order valence-corrected chi connectivity index (χ3v) is 6.63. The van der Waals surface area contributed by atoms with E-state index in [1.165, 1.54) is 62.0 Å². The summed E-state index contributed by atoms with van der Waals surface area (Å²) in [7, 11) is -1.04. The van der Waals surface area contributed by atoms with Gasteiger partial charge in [0.1, 0.15) is 0 Å². The number of hydrogen-bond acceptors (Lipinski definition) is 3. The first-order valence-corrected chi connectivity index (χ1v) is 10.9. The highest BCUT2D eigenvalue weighted by Gasteiger charge is 2.20. The molecule has 3 nitrogen and oxygen atoms in total. The predicted molar refractivity (Wildman–Crippen MR) is 109 cm³/mol. The van der Waals surface area contributed by atoms with Crippen molar-refractivity contribution in [2.75, 3.05) is 19.6 Å². The molecule has 1 unspecified atom stereocenters. The zero-order valence-electron chi connectivity index (χ0n) is 15.1. The molecule has 0 N–H and O–H groups in total. The highest BCUT2D eigenvalue weighted by Crippen LogP contribution is 2.29. The van der Waals surface area contributed by atoms with Crippen molar-refractivity contribution in [3.63, 3.8) is 0 Å². The van der Waals surface area contributed by atoms with Crippen LogP contribution in [0.2, 0.25) is 0 Å². The smallest absolute Gasteiger partial charge is 0.0984 e. The van der Waals surface area contributed by atoms with Gasteiger partial charge in [-0.1, -0.05) is 36.4 Å². The number of nitrogens with zero attached hydrogens (tertiary/aromatic N) is 2. The average Bonchev–Trinajstić information content (AvgIpc) is 3.07. The van der Waals surface area contributed by atoms with E-state index in [9.17, 15) is 4.21 Å². The Labute approximate surface area is 158 Å². The summed E-state index contributed by atoms with van der Waals surface area (Å²) < 4.78 is 11.8. The van der Waals surface area contributed by atoms with E-state index >= 15 is 0 Å². The molecule has 4 heteroatoms. The molecule has 1 fully saturated rings. The van der Waals surface area contributed by atoms with Crippen LogP contribution >= 0.6 is 0 Å². The first kappa shape index (κ1) is 17.6. The topological polar surface area (TPSA) is 32.7 Å². The maximum atomic E-state index is 11.8. The number of benzene rings is 2. The van der Waals surface area contributed by atoms with Crippen LogP contribution in [-0.4, -0.2) is 34.3 Å². The average molecular weight is 367 g/mol. The van der Waals surface area contributed by atoms with Crippen LogP contribution in [0, 0.1) is 0 Å². The van der Waals surface area contributed by atoms with Gasteiger partial charge in [0.05, 0.1) is 26.9 Å². The molecule has 4 rings (SSSR count). The lowest BCUT2D eigenvalue weighted by atomic mass is 9.89. The molecule has 136 valence electrons. The van der Waals surface area contributed by atoms with Gasteiger partial charge in [-0.25, -0.2) is 9.20 Å². The van der Waals surface area contributed by atoms with Crippen molar-refractivity contribution in [2.45, 2.75) is 42.9 Å². The molecule has 0 amide bonds. The number of aryl methyl sites for hydroxylation is 1. The number of likely N-dealkylation sites (tertiary alicyclic amines) is 1. The lowest BCUT2D eigenvalue weighted by Crippen LogP contribution is -2.33. The van der Waals surface area contributed by atoms with Crippen LogP contribution in [0.15, 0.2) is 58.4 Å². The predicted octanol–water partition coefficient (Wildman–Crippen LogP) is 4.67. The summed E-state index contributed by atoms with van der Waals surface area (Å²) in [5.74, 6) is 0.738. The van der Waals surface area contributed by atoms with Crippen LogP contribution in [-0.2, 0) is 17.2 Å². The number of fused-ring (bicyclic) bond motifs is 1. The van der Waals surface area contributed by atoms with E-state index in [1.807, 2.05) is 6.07 Å². The Morgan fingerprint density at radius 3 is 2.65 bits per heavy atom. The molecule has 1 saturated heterocycles. The first-order valence-electron chi connectivity index (χ1n) is 9.64. The van der Waals surface area contributed by atoms with E-state index in [0.29, 0.717) is 0 Å². The van der Waals surface area contributed by atoms with E-state index in [-0.39, 0.29) is 0 Å². The van der Waals surface area contributed by atoms with Crippen LogP contribution in [0.4, 0.5) is 5.69 Å². The van der Waals surface area contributed by atoms with Crippen molar-refractivity contribution in [1.82, 2.24) is 4.90 Å². The molecule has 2 aliphatic heterocycles. The summed E-state index contributed by atoms with van der Waals surface area (Å²) in [6, 6.07) is 17.2. The molecule has 0 spiro atoms. The van der Waals surface area contributed by atoms with E-state index in [1.54, 1.807) is 0 Å². The van der Waals surface area contributed by atoms with Crippen LogP contribution < -0.4 is 0 Å². The van der Waals surface area contributed by atoms with E-state index in [4.69, 9.17) is 0 Å². The SMILES string of the molecule is O=S1C=Nc2ccc(CCCCN3CCC(c4ccccc4)CC3)cc21. The second-order valence-electron chi connectivity index (χ2n) is 7.32. The fourth-order valence-electron chi connectivity index (χ4n) is 4.02. The molecule has 0 aromatic heterocycles. The Kier molecular flexibility index (Phi) is 5.61. The Morgan fingerprint density at radius 1 is 1.04 bits per heavy atom. The molecule has 2 aromatic rings. The summed E-state index contributed by atoms with van der Waals surface area (Å²) in [6.07, 6.45) is 6.03. The first-order chi connectivity index (χ1) is 12.8. The minimum atomic E-state index is -1.04. The minimum absolute atomic E-state index is 0.738. The molecular weight excluding hydrogens is 340 g/mol. The number of hydrogen-bond donors (Lipinski definition) is 0. The normalized spacial score (nSPS) is 20.4. The third kappa shape index (κ3) is 4.13. The second kappa shape index (κ2) is 8.28. The van der Waals surface area contributed by atoms with Gasteiger partial charge in [0.25, 0.3) is 0 Å². The quantitative estimate of drug-likeness (QED) is 0.696. The number of rotatable bonds is 6. The Hall–Kier alpha value is -1.78. The molecule has 2 heterocycles. The van der Waals surface area contributed by atoms with Crippen molar-refractivity contribution < 1.29 is 4.21 Å². The molecule has 0 saturated carbocycles. The van der Waals surface area contributed by atoms with E-state index in [2.05, 4.69) is 52.4 Å². The summed E-state index contributed by atoms with van der Waals surface area (Å²) >= 11 is 0. The maximum absolute atomic E-state index is 11.8. The summed E-state index contributed by atoms with van der Waals surface area (Å²) in [5.41, 5.74) is 5.19. The van der Waals surface area contributed by atoms with Crippen molar-refractivity contribution in [3.05, 3.63) is 59.7 Å². The van der Waals surface area contributed by atoms with E-state index in [0.717, 1.165) is 22.9 Å². The van der Waals surface area contributed by atoms with Gasteiger partial charge in [-0.05, 0) is 80.9 Å². The van der Waals surface area contributed by atoms with Gasteiger partial charge in [-0.2, -0.15) is 0 Å². The van der Waals surface area contributed by atoms with Crippen LogP contribution in [0.1, 0.15) is 42.7 Å². The Bertz CT molecular complexity index is 795.